The SMILES string of the molecule is Cc1[nH]c(Cc2nc3ccccc3[nH]2)nc(=S)c1C(C)C. The van der Waals surface area contributed by atoms with Crippen molar-refractivity contribution >= 4 is 23.3 Å². The van der Waals surface area contributed by atoms with Gasteiger partial charge in [-0.15, -0.1) is 0 Å². The van der Waals surface area contributed by atoms with Gasteiger partial charge in [0.2, 0.25) is 0 Å². The second-order valence-electron chi connectivity index (χ2n) is 5.56. The highest BCUT2D eigenvalue weighted by Crippen LogP contribution is 2.19. The maximum absolute atomic E-state index is 5.42. The third-order valence-electron chi connectivity index (χ3n) is 3.55. The fourth-order valence-electron chi connectivity index (χ4n) is 2.67. The predicted octanol–water partition coefficient (Wildman–Crippen LogP) is 4.04. The Bertz CT molecular complexity index is 812. The Morgan fingerprint density at radius 1 is 1.10 bits per heavy atom. The molecule has 108 valence electrons. The van der Waals surface area contributed by atoms with Crippen molar-refractivity contribution in [2.45, 2.75) is 33.1 Å². The molecule has 3 aromatic rings. The van der Waals surface area contributed by atoms with Crippen molar-refractivity contribution in [3.05, 3.63) is 51.8 Å². The number of benzene rings is 1. The minimum absolute atomic E-state index is 0.376. The minimum Gasteiger partial charge on any atom is -0.347 e. The number of H-pyrrole nitrogens is 2. The van der Waals surface area contributed by atoms with E-state index in [2.05, 4.69) is 40.7 Å². The van der Waals surface area contributed by atoms with Gasteiger partial charge in [0.25, 0.3) is 0 Å². The molecule has 2 aromatic heterocycles. The van der Waals surface area contributed by atoms with Gasteiger partial charge in [-0.25, -0.2) is 9.97 Å². The summed E-state index contributed by atoms with van der Waals surface area (Å²) in [5, 5.41) is 0. The molecule has 4 nitrogen and oxygen atoms in total. The summed E-state index contributed by atoms with van der Waals surface area (Å²) >= 11 is 5.42. The van der Waals surface area contributed by atoms with Crippen LogP contribution in [0.25, 0.3) is 11.0 Å². The highest BCUT2D eigenvalue weighted by atomic mass is 32.1. The van der Waals surface area contributed by atoms with Crippen LogP contribution in [0, 0.1) is 11.6 Å². The Morgan fingerprint density at radius 2 is 1.81 bits per heavy atom. The smallest absolute Gasteiger partial charge is 0.133 e. The summed E-state index contributed by atoms with van der Waals surface area (Å²) in [4.78, 5) is 15.8. The molecule has 0 bridgehead atoms. The normalized spacial score (nSPS) is 11.4. The number of para-hydroxylation sites is 2. The van der Waals surface area contributed by atoms with Crippen LogP contribution in [-0.4, -0.2) is 19.9 Å². The molecule has 0 aliphatic heterocycles. The van der Waals surface area contributed by atoms with Gasteiger partial charge in [-0.1, -0.05) is 38.2 Å². The first kappa shape index (κ1) is 13.9. The van der Waals surface area contributed by atoms with Gasteiger partial charge in [0, 0.05) is 11.3 Å². The number of hydrogen-bond donors (Lipinski definition) is 2. The van der Waals surface area contributed by atoms with E-state index in [1.165, 1.54) is 0 Å². The molecule has 0 spiro atoms. The van der Waals surface area contributed by atoms with Crippen molar-refractivity contribution in [2.75, 3.05) is 0 Å². The molecular weight excluding hydrogens is 280 g/mol. The first-order valence-corrected chi connectivity index (χ1v) is 7.48. The molecule has 0 saturated heterocycles. The molecular formula is C16H18N4S. The van der Waals surface area contributed by atoms with Crippen molar-refractivity contribution < 1.29 is 0 Å². The Kier molecular flexibility index (Phi) is 3.59. The van der Waals surface area contributed by atoms with Gasteiger partial charge in [0.1, 0.15) is 16.3 Å². The number of aromatic nitrogens is 4. The number of imidazole rings is 1. The Balaban J connectivity index is 1.96. The van der Waals surface area contributed by atoms with Crippen LogP contribution in [-0.2, 0) is 6.42 Å². The average molecular weight is 298 g/mol. The number of hydrogen-bond acceptors (Lipinski definition) is 3. The van der Waals surface area contributed by atoms with Gasteiger partial charge in [0.15, 0.2) is 0 Å². The van der Waals surface area contributed by atoms with E-state index in [0.29, 0.717) is 17.0 Å². The number of aromatic amines is 2. The van der Waals surface area contributed by atoms with E-state index in [1.807, 2.05) is 24.3 Å². The van der Waals surface area contributed by atoms with E-state index in [1.54, 1.807) is 0 Å². The Labute approximate surface area is 128 Å². The summed E-state index contributed by atoms with van der Waals surface area (Å²) in [6, 6.07) is 8.00. The lowest BCUT2D eigenvalue weighted by Crippen LogP contribution is -2.05. The van der Waals surface area contributed by atoms with Crippen molar-refractivity contribution in [3.63, 3.8) is 0 Å². The predicted molar refractivity (Wildman–Crippen MR) is 87.1 cm³/mol. The lowest BCUT2D eigenvalue weighted by Gasteiger charge is -2.11. The molecule has 21 heavy (non-hydrogen) atoms. The molecule has 5 heteroatoms. The van der Waals surface area contributed by atoms with Crippen LogP contribution in [0.15, 0.2) is 24.3 Å². The quantitative estimate of drug-likeness (QED) is 0.718. The van der Waals surface area contributed by atoms with Crippen LogP contribution in [0.2, 0.25) is 0 Å². The fourth-order valence-corrected chi connectivity index (χ4v) is 3.17. The molecule has 0 fully saturated rings. The summed E-state index contributed by atoms with van der Waals surface area (Å²) < 4.78 is 0.687. The van der Waals surface area contributed by atoms with Crippen LogP contribution < -0.4 is 0 Å². The third-order valence-corrected chi connectivity index (χ3v) is 3.86. The lowest BCUT2D eigenvalue weighted by molar-refractivity contribution is 0.797. The van der Waals surface area contributed by atoms with Gasteiger partial charge >= 0.3 is 0 Å². The van der Waals surface area contributed by atoms with Gasteiger partial charge in [-0.05, 0) is 25.0 Å². The highest BCUT2D eigenvalue weighted by molar-refractivity contribution is 7.71. The second-order valence-corrected chi connectivity index (χ2v) is 5.95. The Morgan fingerprint density at radius 3 is 2.48 bits per heavy atom. The summed E-state index contributed by atoms with van der Waals surface area (Å²) in [7, 11) is 0. The van der Waals surface area contributed by atoms with E-state index in [4.69, 9.17) is 12.2 Å². The number of nitrogens with one attached hydrogen (secondary N) is 2. The van der Waals surface area contributed by atoms with Crippen LogP contribution in [0.1, 0.15) is 42.7 Å². The van der Waals surface area contributed by atoms with E-state index in [9.17, 15) is 0 Å². The molecule has 0 aliphatic rings. The van der Waals surface area contributed by atoms with Crippen LogP contribution in [0.5, 0.6) is 0 Å². The van der Waals surface area contributed by atoms with Crippen molar-refractivity contribution in [1.29, 1.82) is 0 Å². The molecule has 0 atom stereocenters. The van der Waals surface area contributed by atoms with E-state index < -0.39 is 0 Å². The first-order valence-electron chi connectivity index (χ1n) is 7.08. The molecule has 0 radical (unpaired) electrons. The molecule has 2 heterocycles. The molecule has 0 amide bonds. The van der Waals surface area contributed by atoms with E-state index in [0.717, 1.165) is 33.9 Å². The zero-order valence-corrected chi connectivity index (χ0v) is 13.2. The van der Waals surface area contributed by atoms with Crippen molar-refractivity contribution in [2.24, 2.45) is 0 Å². The molecule has 0 unspecified atom stereocenters. The number of fused-ring (bicyclic) bond motifs is 1. The summed E-state index contributed by atoms with van der Waals surface area (Å²) in [6.07, 6.45) is 0.623. The monoisotopic (exact) mass is 298 g/mol. The molecule has 0 aliphatic carbocycles. The molecule has 0 saturated carbocycles. The van der Waals surface area contributed by atoms with E-state index in [-0.39, 0.29) is 0 Å². The molecule has 1 aromatic carbocycles. The highest BCUT2D eigenvalue weighted by Gasteiger charge is 2.10. The number of nitrogens with zero attached hydrogens (tertiary/aromatic N) is 2. The second kappa shape index (κ2) is 5.41. The third kappa shape index (κ3) is 2.74. The molecule has 3 rings (SSSR count). The van der Waals surface area contributed by atoms with E-state index >= 15 is 0 Å². The van der Waals surface area contributed by atoms with Crippen LogP contribution >= 0.6 is 12.2 Å². The largest absolute Gasteiger partial charge is 0.347 e. The zero-order valence-electron chi connectivity index (χ0n) is 12.4. The summed E-state index contributed by atoms with van der Waals surface area (Å²) in [6.45, 7) is 6.31. The van der Waals surface area contributed by atoms with Gasteiger partial charge in [0.05, 0.1) is 17.5 Å². The lowest BCUT2D eigenvalue weighted by atomic mass is 10.0. The zero-order chi connectivity index (χ0) is 15.0. The summed E-state index contributed by atoms with van der Waals surface area (Å²) in [5.74, 6) is 2.12. The maximum atomic E-state index is 5.42. The number of aryl methyl sites for hydroxylation is 1. The maximum Gasteiger partial charge on any atom is 0.133 e. The van der Waals surface area contributed by atoms with Crippen molar-refractivity contribution in [3.8, 4) is 0 Å². The standard InChI is InChI=1S/C16H18N4S/c1-9(2)15-10(3)17-13(20-16(15)21)8-14-18-11-6-4-5-7-12(11)19-14/h4-7,9H,8H2,1-3H3,(H,18,19)(H,17,20,21). The summed E-state index contributed by atoms with van der Waals surface area (Å²) in [5.41, 5.74) is 4.23. The van der Waals surface area contributed by atoms with Crippen LogP contribution in [0.3, 0.4) is 0 Å². The molecule has 2 N–H and O–H groups in total. The first-order chi connectivity index (χ1) is 10.0. The average Bonchev–Trinajstić information content (AvgIpc) is 2.79. The topological polar surface area (TPSA) is 57.4 Å². The van der Waals surface area contributed by atoms with Gasteiger partial charge < -0.3 is 9.97 Å². The van der Waals surface area contributed by atoms with Gasteiger partial charge in [-0.2, -0.15) is 0 Å². The fraction of sp³-hybridized carbons (Fsp3) is 0.312. The Hall–Kier alpha value is -2.01. The van der Waals surface area contributed by atoms with Crippen LogP contribution in [0.4, 0.5) is 0 Å². The van der Waals surface area contributed by atoms with Gasteiger partial charge in [-0.3, -0.25) is 0 Å². The minimum atomic E-state index is 0.376. The number of rotatable bonds is 3. The van der Waals surface area contributed by atoms with Crippen molar-refractivity contribution in [1.82, 2.24) is 19.9 Å².